The summed E-state index contributed by atoms with van der Waals surface area (Å²) in [7, 11) is 0. The highest BCUT2D eigenvalue weighted by Gasteiger charge is 2.18. The molecule has 1 amide bonds. The van der Waals surface area contributed by atoms with Gasteiger partial charge in [0.25, 0.3) is 11.6 Å². The molecule has 1 aromatic rings. The third kappa shape index (κ3) is 3.24. The number of nitrogens with one attached hydrogen (secondary N) is 2. The van der Waals surface area contributed by atoms with E-state index in [9.17, 15) is 14.9 Å². The first-order chi connectivity index (χ1) is 9.61. The number of carbonyl (C=O) groups excluding carboxylic acids is 1. The van der Waals surface area contributed by atoms with Crippen molar-refractivity contribution in [2.24, 2.45) is 0 Å². The van der Waals surface area contributed by atoms with Crippen LogP contribution in [0.5, 0.6) is 0 Å². The number of aromatic nitrogens is 1. The molecular weight excluding hydrogens is 260 g/mol. The van der Waals surface area contributed by atoms with E-state index in [2.05, 4.69) is 16.7 Å². The SMILES string of the molecule is CCn1cc([N+](=O)[O-])cc1C(=O)NCC1=CCNCC1. The standard InChI is InChI=1S/C13H18N4O3/c1-2-16-9-11(17(19)20)7-12(16)13(18)15-8-10-3-5-14-6-4-10/h3,7,9,14H,2,4-6,8H2,1H3,(H,15,18). The van der Waals surface area contributed by atoms with Crippen LogP contribution < -0.4 is 10.6 Å². The minimum Gasteiger partial charge on any atom is -0.347 e. The Hall–Kier alpha value is -2.15. The van der Waals surface area contributed by atoms with E-state index in [1.54, 1.807) is 4.57 Å². The molecule has 2 heterocycles. The van der Waals surface area contributed by atoms with Crippen molar-refractivity contribution in [1.82, 2.24) is 15.2 Å². The molecule has 2 N–H and O–H groups in total. The predicted octanol–water partition coefficient (Wildman–Crippen LogP) is 1.07. The molecular formula is C13H18N4O3. The van der Waals surface area contributed by atoms with Crippen LogP contribution in [0, 0.1) is 10.1 Å². The van der Waals surface area contributed by atoms with Gasteiger partial charge in [-0.1, -0.05) is 11.6 Å². The van der Waals surface area contributed by atoms with Crippen LogP contribution in [0.3, 0.4) is 0 Å². The van der Waals surface area contributed by atoms with Gasteiger partial charge in [-0.2, -0.15) is 0 Å². The lowest BCUT2D eigenvalue weighted by atomic mass is 10.1. The Morgan fingerprint density at radius 1 is 1.60 bits per heavy atom. The number of nitro groups is 1. The smallest absolute Gasteiger partial charge is 0.287 e. The summed E-state index contributed by atoms with van der Waals surface area (Å²) in [6.07, 6.45) is 4.36. The highest BCUT2D eigenvalue weighted by molar-refractivity contribution is 5.93. The molecule has 0 aliphatic carbocycles. The largest absolute Gasteiger partial charge is 0.347 e. The van der Waals surface area contributed by atoms with E-state index in [1.807, 2.05) is 6.92 Å². The highest BCUT2D eigenvalue weighted by Crippen LogP contribution is 2.16. The molecule has 0 spiro atoms. The first-order valence-corrected chi connectivity index (χ1v) is 6.63. The summed E-state index contributed by atoms with van der Waals surface area (Å²) in [6.45, 7) is 4.59. The maximum Gasteiger partial charge on any atom is 0.287 e. The van der Waals surface area contributed by atoms with E-state index in [4.69, 9.17) is 0 Å². The number of hydrogen-bond donors (Lipinski definition) is 2. The van der Waals surface area contributed by atoms with Crippen molar-refractivity contribution in [3.05, 3.63) is 39.7 Å². The lowest BCUT2D eigenvalue weighted by Gasteiger charge is -2.14. The van der Waals surface area contributed by atoms with Gasteiger partial charge in [0.05, 0.1) is 11.1 Å². The number of carbonyl (C=O) groups is 1. The van der Waals surface area contributed by atoms with Gasteiger partial charge in [-0.15, -0.1) is 0 Å². The summed E-state index contributed by atoms with van der Waals surface area (Å²) in [4.78, 5) is 22.4. The lowest BCUT2D eigenvalue weighted by molar-refractivity contribution is -0.384. The number of amides is 1. The van der Waals surface area contributed by atoms with Crippen molar-refractivity contribution in [1.29, 1.82) is 0 Å². The molecule has 1 aliphatic rings. The molecule has 0 unspecified atom stereocenters. The van der Waals surface area contributed by atoms with Crippen molar-refractivity contribution in [3.8, 4) is 0 Å². The van der Waals surface area contributed by atoms with E-state index >= 15 is 0 Å². The molecule has 0 aromatic carbocycles. The molecule has 1 aliphatic heterocycles. The number of aryl methyl sites for hydroxylation is 1. The topological polar surface area (TPSA) is 89.2 Å². The second-order valence-corrected chi connectivity index (χ2v) is 4.63. The molecule has 0 bridgehead atoms. The predicted molar refractivity (Wildman–Crippen MR) is 74.7 cm³/mol. The summed E-state index contributed by atoms with van der Waals surface area (Å²) in [5.74, 6) is -0.278. The Balaban J connectivity index is 2.04. The van der Waals surface area contributed by atoms with Gasteiger partial charge >= 0.3 is 0 Å². The number of hydrogen-bond acceptors (Lipinski definition) is 4. The average Bonchev–Trinajstić information content (AvgIpc) is 2.90. The fourth-order valence-corrected chi connectivity index (χ4v) is 2.16. The maximum absolute atomic E-state index is 12.1. The van der Waals surface area contributed by atoms with E-state index in [-0.39, 0.29) is 11.6 Å². The van der Waals surface area contributed by atoms with Crippen molar-refractivity contribution in [3.63, 3.8) is 0 Å². The Bertz CT molecular complexity index is 548. The molecule has 20 heavy (non-hydrogen) atoms. The van der Waals surface area contributed by atoms with Gasteiger partial charge in [-0.25, -0.2) is 0 Å². The fourth-order valence-electron chi connectivity index (χ4n) is 2.16. The minimum absolute atomic E-state index is 0.0573. The summed E-state index contributed by atoms with van der Waals surface area (Å²) in [5, 5.41) is 16.8. The molecule has 0 atom stereocenters. The van der Waals surface area contributed by atoms with Crippen LogP contribution in [0.2, 0.25) is 0 Å². The monoisotopic (exact) mass is 278 g/mol. The highest BCUT2D eigenvalue weighted by atomic mass is 16.6. The second kappa shape index (κ2) is 6.33. The van der Waals surface area contributed by atoms with Gasteiger partial charge in [-0.3, -0.25) is 14.9 Å². The first kappa shape index (κ1) is 14.3. The van der Waals surface area contributed by atoms with Gasteiger partial charge in [-0.05, 0) is 19.9 Å². The van der Waals surface area contributed by atoms with Crippen LogP contribution >= 0.6 is 0 Å². The second-order valence-electron chi connectivity index (χ2n) is 4.63. The van der Waals surface area contributed by atoms with Crippen molar-refractivity contribution in [2.45, 2.75) is 19.9 Å². The van der Waals surface area contributed by atoms with Crippen LogP contribution in [0.4, 0.5) is 5.69 Å². The van der Waals surface area contributed by atoms with Crippen LogP contribution in [-0.4, -0.2) is 35.0 Å². The third-order valence-electron chi connectivity index (χ3n) is 3.30. The van der Waals surface area contributed by atoms with E-state index in [0.29, 0.717) is 18.8 Å². The quantitative estimate of drug-likeness (QED) is 0.479. The molecule has 108 valence electrons. The zero-order chi connectivity index (χ0) is 14.5. The Morgan fingerprint density at radius 2 is 2.40 bits per heavy atom. The van der Waals surface area contributed by atoms with E-state index < -0.39 is 4.92 Å². The molecule has 0 radical (unpaired) electrons. The molecule has 2 rings (SSSR count). The summed E-state index contributed by atoms with van der Waals surface area (Å²) < 4.78 is 1.59. The van der Waals surface area contributed by atoms with Gasteiger partial charge in [0.2, 0.25) is 0 Å². The number of rotatable bonds is 5. The van der Waals surface area contributed by atoms with Crippen LogP contribution in [0.1, 0.15) is 23.8 Å². The molecule has 7 nitrogen and oxygen atoms in total. The van der Waals surface area contributed by atoms with Crippen LogP contribution in [0.25, 0.3) is 0 Å². The fraction of sp³-hybridized carbons (Fsp3) is 0.462. The minimum atomic E-state index is -0.488. The van der Waals surface area contributed by atoms with Gasteiger partial charge in [0.1, 0.15) is 5.69 Å². The molecule has 0 fully saturated rings. The zero-order valence-electron chi connectivity index (χ0n) is 11.4. The van der Waals surface area contributed by atoms with Gasteiger partial charge < -0.3 is 15.2 Å². The summed E-state index contributed by atoms with van der Waals surface area (Å²) >= 11 is 0. The Morgan fingerprint density at radius 3 is 3.00 bits per heavy atom. The average molecular weight is 278 g/mol. The molecule has 1 aromatic heterocycles. The van der Waals surface area contributed by atoms with Gasteiger partial charge in [0.15, 0.2) is 0 Å². The zero-order valence-corrected chi connectivity index (χ0v) is 11.4. The van der Waals surface area contributed by atoms with Gasteiger partial charge in [0, 0.05) is 25.7 Å². The summed E-state index contributed by atoms with van der Waals surface area (Å²) in [6, 6.07) is 1.32. The molecule has 7 heteroatoms. The Labute approximate surface area is 116 Å². The van der Waals surface area contributed by atoms with Crippen molar-refractivity contribution >= 4 is 11.6 Å². The van der Waals surface area contributed by atoms with Crippen LogP contribution in [-0.2, 0) is 6.54 Å². The third-order valence-corrected chi connectivity index (χ3v) is 3.30. The van der Waals surface area contributed by atoms with Crippen molar-refractivity contribution < 1.29 is 9.72 Å². The number of nitrogens with zero attached hydrogens (tertiary/aromatic N) is 2. The van der Waals surface area contributed by atoms with Crippen LogP contribution in [0.15, 0.2) is 23.9 Å². The summed E-state index contributed by atoms with van der Waals surface area (Å²) in [5.41, 5.74) is 1.45. The molecule has 0 saturated heterocycles. The van der Waals surface area contributed by atoms with Crippen molar-refractivity contribution in [2.75, 3.05) is 19.6 Å². The Kier molecular flexibility index (Phi) is 4.52. The first-order valence-electron chi connectivity index (χ1n) is 6.63. The molecule has 0 saturated carbocycles. The lowest BCUT2D eigenvalue weighted by Crippen LogP contribution is -2.30. The van der Waals surface area contributed by atoms with E-state index in [0.717, 1.165) is 19.5 Å². The van der Waals surface area contributed by atoms with E-state index in [1.165, 1.54) is 17.8 Å². The maximum atomic E-state index is 12.1. The normalized spacial score (nSPS) is 14.8.